The second-order valence-electron chi connectivity index (χ2n) is 5.90. The van der Waals surface area contributed by atoms with Gasteiger partial charge in [0.15, 0.2) is 0 Å². The third-order valence-corrected chi connectivity index (χ3v) is 3.31. The van der Waals surface area contributed by atoms with Crippen LogP contribution in [-0.2, 0) is 0 Å². The van der Waals surface area contributed by atoms with Gasteiger partial charge in [0.05, 0.1) is 12.5 Å². The fourth-order valence-electron chi connectivity index (χ4n) is 2.27. The normalized spacial score (nSPS) is 14.6. The van der Waals surface area contributed by atoms with Crippen LogP contribution in [0.5, 0.6) is 0 Å². The van der Waals surface area contributed by atoms with Crippen LogP contribution >= 0.6 is 0 Å². The van der Waals surface area contributed by atoms with E-state index in [-0.39, 0.29) is 6.54 Å². The summed E-state index contributed by atoms with van der Waals surface area (Å²) in [6.07, 6.45) is -5.69. The molecule has 1 unspecified atom stereocenters. The molecule has 0 aliphatic rings. The Labute approximate surface area is 118 Å². The zero-order chi connectivity index (χ0) is 15.4. The Kier molecular flexibility index (Phi) is 5.59. The lowest BCUT2D eigenvalue weighted by Crippen LogP contribution is -2.37. The number of nitrogens with zero attached hydrogens (tertiary/aromatic N) is 1. The minimum atomic E-state index is -4.14. The third-order valence-electron chi connectivity index (χ3n) is 3.31. The van der Waals surface area contributed by atoms with Gasteiger partial charge in [-0.25, -0.2) is 0 Å². The van der Waals surface area contributed by atoms with Crippen LogP contribution in [0, 0.1) is 5.41 Å². The second-order valence-corrected chi connectivity index (χ2v) is 5.90. The molecule has 0 saturated heterocycles. The number of rotatable bonds is 6. The summed E-state index contributed by atoms with van der Waals surface area (Å²) in [5, 5.41) is 10.4. The van der Waals surface area contributed by atoms with Crippen molar-refractivity contribution >= 4 is 0 Å². The SMILES string of the molecule is CN(CCC(F)(F)F)CC(C)(C)C(O)c1ccccc1. The largest absolute Gasteiger partial charge is 0.390 e. The number of hydrogen-bond donors (Lipinski definition) is 1. The zero-order valence-corrected chi connectivity index (χ0v) is 12.1. The molecule has 0 amide bonds. The molecule has 0 aliphatic heterocycles. The monoisotopic (exact) mass is 289 g/mol. The predicted octanol–water partition coefficient (Wildman–Crippen LogP) is 3.63. The molecule has 1 rings (SSSR count). The first-order chi connectivity index (χ1) is 9.12. The van der Waals surface area contributed by atoms with Crippen LogP contribution in [0.25, 0.3) is 0 Å². The van der Waals surface area contributed by atoms with Gasteiger partial charge >= 0.3 is 6.18 Å². The van der Waals surface area contributed by atoms with Gasteiger partial charge in [-0.05, 0) is 12.6 Å². The number of aliphatic hydroxyl groups is 1. The standard InChI is InChI=1S/C15H22F3NO/c1-14(2,11-19(3)10-9-15(16,17)18)13(20)12-7-5-4-6-8-12/h4-8,13,20H,9-11H2,1-3H3. The van der Waals surface area contributed by atoms with Crippen LogP contribution in [0.4, 0.5) is 13.2 Å². The molecule has 0 spiro atoms. The molecule has 1 atom stereocenters. The van der Waals surface area contributed by atoms with Gasteiger partial charge in [0.2, 0.25) is 0 Å². The van der Waals surface area contributed by atoms with Crippen LogP contribution in [0.2, 0.25) is 0 Å². The first-order valence-corrected chi connectivity index (χ1v) is 6.60. The van der Waals surface area contributed by atoms with Gasteiger partial charge in [-0.2, -0.15) is 13.2 Å². The van der Waals surface area contributed by atoms with E-state index in [1.54, 1.807) is 11.9 Å². The molecule has 0 fully saturated rings. The molecular formula is C15H22F3NO. The minimum Gasteiger partial charge on any atom is -0.388 e. The van der Waals surface area contributed by atoms with Crippen LogP contribution in [0.15, 0.2) is 30.3 Å². The quantitative estimate of drug-likeness (QED) is 0.864. The Morgan fingerprint density at radius 3 is 2.20 bits per heavy atom. The molecule has 20 heavy (non-hydrogen) atoms. The predicted molar refractivity (Wildman–Crippen MR) is 73.4 cm³/mol. The van der Waals surface area contributed by atoms with Gasteiger partial charge in [-0.1, -0.05) is 44.2 Å². The van der Waals surface area contributed by atoms with Gasteiger partial charge in [-0.3, -0.25) is 0 Å². The van der Waals surface area contributed by atoms with Crippen molar-refractivity contribution in [2.45, 2.75) is 32.5 Å². The average molecular weight is 289 g/mol. The zero-order valence-electron chi connectivity index (χ0n) is 12.1. The highest BCUT2D eigenvalue weighted by Crippen LogP contribution is 2.34. The molecule has 2 nitrogen and oxygen atoms in total. The highest BCUT2D eigenvalue weighted by molar-refractivity contribution is 5.19. The Bertz CT molecular complexity index is 403. The van der Waals surface area contributed by atoms with E-state index < -0.39 is 24.1 Å². The van der Waals surface area contributed by atoms with Crippen molar-refractivity contribution in [1.29, 1.82) is 0 Å². The van der Waals surface area contributed by atoms with Crippen LogP contribution in [-0.4, -0.2) is 36.3 Å². The van der Waals surface area contributed by atoms with Gasteiger partial charge in [0.1, 0.15) is 0 Å². The van der Waals surface area contributed by atoms with Gasteiger partial charge < -0.3 is 10.0 Å². The summed E-state index contributed by atoms with van der Waals surface area (Å²) in [7, 11) is 1.64. The number of hydrogen-bond acceptors (Lipinski definition) is 2. The van der Waals surface area contributed by atoms with Gasteiger partial charge in [-0.15, -0.1) is 0 Å². The molecular weight excluding hydrogens is 267 g/mol. The van der Waals surface area contributed by atoms with Crippen molar-refractivity contribution in [1.82, 2.24) is 4.90 Å². The summed E-state index contributed by atoms with van der Waals surface area (Å²) >= 11 is 0. The molecule has 5 heteroatoms. The van der Waals surface area contributed by atoms with Crippen LogP contribution in [0.3, 0.4) is 0 Å². The van der Waals surface area contributed by atoms with Crippen molar-refractivity contribution in [2.75, 3.05) is 20.1 Å². The van der Waals surface area contributed by atoms with Crippen molar-refractivity contribution < 1.29 is 18.3 Å². The molecule has 0 aromatic heterocycles. The van der Waals surface area contributed by atoms with Crippen LogP contribution in [0.1, 0.15) is 31.9 Å². The third kappa shape index (κ3) is 5.51. The van der Waals surface area contributed by atoms with E-state index >= 15 is 0 Å². The summed E-state index contributed by atoms with van der Waals surface area (Å²) in [6.45, 7) is 4.04. The van der Waals surface area contributed by atoms with Crippen molar-refractivity contribution in [3.63, 3.8) is 0 Å². The molecule has 114 valence electrons. The highest BCUT2D eigenvalue weighted by Gasteiger charge is 2.32. The van der Waals surface area contributed by atoms with E-state index in [0.29, 0.717) is 6.54 Å². The van der Waals surface area contributed by atoms with Gasteiger partial charge in [0, 0.05) is 18.5 Å². The molecule has 0 bridgehead atoms. The summed E-state index contributed by atoms with van der Waals surface area (Å²) in [6, 6.07) is 9.17. The Balaban J connectivity index is 2.60. The molecule has 0 saturated carbocycles. The molecule has 1 N–H and O–H groups in total. The van der Waals surface area contributed by atoms with Crippen molar-refractivity contribution in [3.05, 3.63) is 35.9 Å². The summed E-state index contributed by atoms with van der Waals surface area (Å²) in [5.74, 6) is 0. The highest BCUT2D eigenvalue weighted by atomic mass is 19.4. The Hall–Kier alpha value is -1.07. The Morgan fingerprint density at radius 2 is 1.70 bits per heavy atom. The molecule has 0 radical (unpaired) electrons. The second kappa shape index (κ2) is 6.59. The maximum absolute atomic E-state index is 12.2. The number of aliphatic hydroxyl groups excluding tert-OH is 1. The lowest BCUT2D eigenvalue weighted by molar-refractivity contribution is -0.138. The molecule has 1 aromatic carbocycles. The minimum absolute atomic E-state index is 0.0611. The van der Waals surface area contributed by atoms with E-state index in [1.807, 2.05) is 44.2 Å². The fraction of sp³-hybridized carbons (Fsp3) is 0.600. The maximum Gasteiger partial charge on any atom is 0.390 e. The summed E-state index contributed by atoms with van der Waals surface area (Å²) in [4.78, 5) is 1.61. The topological polar surface area (TPSA) is 23.5 Å². The van der Waals surface area contributed by atoms with Gasteiger partial charge in [0.25, 0.3) is 0 Å². The maximum atomic E-state index is 12.2. The van der Waals surface area contributed by atoms with Crippen molar-refractivity contribution in [3.8, 4) is 0 Å². The fourth-order valence-corrected chi connectivity index (χ4v) is 2.27. The smallest absolute Gasteiger partial charge is 0.388 e. The lowest BCUT2D eigenvalue weighted by Gasteiger charge is -2.35. The van der Waals surface area contributed by atoms with Crippen LogP contribution < -0.4 is 0 Å². The van der Waals surface area contributed by atoms with E-state index in [2.05, 4.69) is 0 Å². The molecule has 1 aromatic rings. The summed E-state index contributed by atoms with van der Waals surface area (Å²) < 4.78 is 36.6. The van der Waals surface area contributed by atoms with E-state index in [1.165, 1.54) is 0 Å². The molecule has 0 aliphatic carbocycles. The number of benzene rings is 1. The average Bonchev–Trinajstić information content (AvgIpc) is 2.35. The number of halogens is 3. The number of alkyl halides is 3. The van der Waals surface area contributed by atoms with E-state index in [0.717, 1.165) is 5.56 Å². The van der Waals surface area contributed by atoms with E-state index in [9.17, 15) is 18.3 Å². The first kappa shape index (κ1) is 17.0. The lowest BCUT2D eigenvalue weighted by atomic mass is 9.82. The molecule has 0 heterocycles. The van der Waals surface area contributed by atoms with E-state index in [4.69, 9.17) is 0 Å². The first-order valence-electron chi connectivity index (χ1n) is 6.60. The van der Waals surface area contributed by atoms with Crippen molar-refractivity contribution in [2.24, 2.45) is 5.41 Å². The Morgan fingerprint density at radius 1 is 1.15 bits per heavy atom. The summed E-state index contributed by atoms with van der Waals surface area (Å²) in [5.41, 5.74) is 0.253.